The standard InChI is InChI=1S/C18H20F3IN4O/c1-4-13(6-8-15-23-9-12(10-24-15)18(19,20)21)26(3)17(27)16-14(22)7-5-11(2)25-16/h5,7,9-10,13H,4,6,8H2,1-3H3/t13-/m0/s1. The Labute approximate surface area is 169 Å². The van der Waals surface area contributed by atoms with Crippen molar-refractivity contribution in [2.45, 2.75) is 45.3 Å². The van der Waals surface area contributed by atoms with Crippen LogP contribution in [-0.2, 0) is 12.6 Å². The van der Waals surface area contributed by atoms with Crippen LogP contribution in [0.15, 0.2) is 24.5 Å². The summed E-state index contributed by atoms with van der Waals surface area (Å²) in [6, 6.07) is 3.60. The molecule has 0 bridgehead atoms. The Morgan fingerprint density at radius 1 is 1.26 bits per heavy atom. The highest BCUT2D eigenvalue weighted by atomic mass is 127. The molecule has 0 radical (unpaired) electrons. The minimum Gasteiger partial charge on any atom is -0.337 e. The molecule has 0 N–H and O–H groups in total. The zero-order valence-electron chi connectivity index (χ0n) is 15.2. The van der Waals surface area contributed by atoms with E-state index in [2.05, 4.69) is 37.5 Å². The van der Waals surface area contributed by atoms with E-state index >= 15 is 0 Å². The van der Waals surface area contributed by atoms with E-state index in [0.717, 1.165) is 21.7 Å². The average Bonchev–Trinajstić information content (AvgIpc) is 2.63. The van der Waals surface area contributed by atoms with E-state index in [4.69, 9.17) is 0 Å². The number of hydrogen-bond donors (Lipinski definition) is 0. The molecule has 2 aromatic heterocycles. The van der Waals surface area contributed by atoms with Gasteiger partial charge in [-0.15, -0.1) is 0 Å². The molecule has 0 saturated heterocycles. The zero-order chi connectivity index (χ0) is 20.2. The van der Waals surface area contributed by atoms with Crippen LogP contribution in [0, 0.1) is 10.5 Å². The summed E-state index contributed by atoms with van der Waals surface area (Å²) in [6.45, 7) is 3.78. The maximum absolute atomic E-state index is 12.8. The van der Waals surface area contributed by atoms with Crippen LogP contribution in [0.2, 0.25) is 0 Å². The molecular formula is C18H20F3IN4O. The SMILES string of the molecule is CC[C@@H](CCc1ncc(C(F)(F)F)cn1)N(C)C(=O)c1nc(C)ccc1I. The summed E-state index contributed by atoms with van der Waals surface area (Å²) in [6.07, 6.45) is -1.24. The van der Waals surface area contributed by atoms with Crippen molar-refractivity contribution in [1.29, 1.82) is 0 Å². The van der Waals surface area contributed by atoms with Gasteiger partial charge in [-0.2, -0.15) is 13.2 Å². The third-order valence-electron chi connectivity index (χ3n) is 4.26. The highest BCUT2D eigenvalue weighted by molar-refractivity contribution is 14.1. The second-order valence-electron chi connectivity index (χ2n) is 6.19. The second kappa shape index (κ2) is 8.94. The van der Waals surface area contributed by atoms with Crippen LogP contribution in [-0.4, -0.2) is 38.8 Å². The summed E-state index contributed by atoms with van der Waals surface area (Å²) in [5.41, 5.74) is 0.298. The van der Waals surface area contributed by atoms with Gasteiger partial charge in [0, 0.05) is 41.2 Å². The molecule has 0 saturated carbocycles. The monoisotopic (exact) mass is 492 g/mol. The number of pyridine rings is 1. The largest absolute Gasteiger partial charge is 0.419 e. The van der Waals surface area contributed by atoms with Crippen LogP contribution >= 0.6 is 22.6 Å². The van der Waals surface area contributed by atoms with E-state index in [-0.39, 0.29) is 11.9 Å². The minimum atomic E-state index is -4.45. The molecule has 0 aliphatic carbocycles. The summed E-state index contributed by atoms with van der Waals surface area (Å²) < 4.78 is 38.5. The van der Waals surface area contributed by atoms with Crippen molar-refractivity contribution in [1.82, 2.24) is 19.9 Å². The number of amides is 1. The lowest BCUT2D eigenvalue weighted by Crippen LogP contribution is -2.38. The molecule has 0 unspecified atom stereocenters. The predicted molar refractivity (Wildman–Crippen MR) is 103 cm³/mol. The van der Waals surface area contributed by atoms with E-state index in [1.807, 2.05) is 26.0 Å². The molecule has 27 heavy (non-hydrogen) atoms. The topological polar surface area (TPSA) is 59.0 Å². The first-order chi connectivity index (χ1) is 12.6. The van der Waals surface area contributed by atoms with Crippen LogP contribution in [0.5, 0.6) is 0 Å². The summed E-state index contributed by atoms with van der Waals surface area (Å²) >= 11 is 2.08. The van der Waals surface area contributed by atoms with Crippen LogP contribution in [0.3, 0.4) is 0 Å². The third kappa shape index (κ3) is 5.60. The molecule has 5 nitrogen and oxygen atoms in total. The molecule has 0 aliphatic heterocycles. The number of hydrogen-bond acceptors (Lipinski definition) is 4. The molecule has 0 aliphatic rings. The molecule has 9 heteroatoms. The molecule has 1 amide bonds. The van der Waals surface area contributed by atoms with Crippen molar-refractivity contribution in [3.05, 3.63) is 50.9 Å². The fourth-order valence-corrected chi connectivity index (χ4v) is 3.15. The Kier molecular flexibility index (Phi) is 7.12. The fourth-order valence-electron chi connectivity index (χ4n) is 2.62. The lowest BCUT2D eigenvalue weighted by Gasteiger charge is -2.27. The van der Waals surface area contributed by atoms with Crippen molar-refractivity contribution in [3.8, 4) is 0 Å². The predicted octanol–water partition coefficient (Wildman–Crippen LogP) is 4.29. The average molecular weight is 492 g/mol. The van der Waals surface area contributed by atoms with Crippen LogP contribution in [0.25, 0.3) is 0 Å². The van der Waals surface area contributed by atoms with Crippen molar-refractivity contribution in [3.63, 3.8) is 0 Å². The van der Waals surface area contributed by atoms with Gasteiger partial charge in [-0.3, -0.25) is 4.79 Å². The number of carbonyl (C=O) groups excluding carboxylic acids is 1. The third-order valence-corrected chi connectivity index (χ3v) is 5.13. The van der Waals surface area contributed by atoms with Gasteiger partial charge in [0.25, 0.3) is 5.91 Å². The Morgan fingerprint density at radius 3 is 2.44 bits per heavy atom. The molecular weight excluding hydrogens is 472 g/mol. The lowest BCUT2D eigenvalue weighted by molar-refractivity contribution is -0.138. The Bertz CT molecular complexity index is 796. The van der Waals surface area contributed by atoms with E-state index in [0.29, 0.717) is 30.8 Å². The van der Waals surface area contributed by atoms with Gasteiger partial charge < -0.3 is 4.90 Å². The van der Waals surface area contributed by atoms with Crippen molar-refractivity contribution in [2.24, 2.45) is 0 Å². The molecule has 146 valence electrons. The number of carbonyl (C=O) groups is 1. The molecule has 2 rings (SSSR count). The van der Waals surface area contributed by atoms with Gasteiger partial charge in [0.15, 0.2) is 0 Å². The van der Waals surface area contributed by atoms with Gasteiger partial charge in [-0.25, -0.2) is 15.0 Å². The summed E-state index contributed by atoms with van der Waals surface area (Å²) in [4.78, 5) is 26.3. The molecule has 0 spiro atoms. The van der Waals surface area contributed by atoms with Gasteiger partial charge >= 0.3 is 6.18 Å². The smallest absolute Gasteiger partial charge is 0.337 e. The summed E-state index contributed by atoms with van der Waals surface area (Å²) in [5, 5.41) is 0. The number of halogens is 4. The highest BCUT2D eigenvalue weighted by Crippen LogP contribution is 2.27. The van der Waals surface area contributed by atoms with Crippen molar-refractivity contribution >= 4 is 28.5 Å². The van der Waals surface area contributed by atoms with E-state index in [1.165, 1.54) is 0 Å². The van der Waals surface area contributed by atoms with Crippen molar-refractivity contribution in [2.75, 3.05) is 7.05 Å². The van der Waals surface area contributed by atoms with E-state index in [1.54, 1.807) is 11.9 Å². The quantitative estimate of drug-likeness (QED) is 0.565. The van der Waals surface area contributed by atoms with Crippen LogP contribution in [0.4, 0.5) is 13.2 Å². The zero-order valence-corrected chi connectivity index (χ0v) is 17.4. The molecule has 2 heterocycles. The summed E-state index contributed by atoms with van der Waals surface area (Å²) in [5.74, 6) is 0.147. The number of aryl methyl sites for hydroxylation is 2. The number of nitrogens with zero attached hydrogens (tertiary/aromatic N) is 4. The number of rotatable bonds is 6. The van der Waals surface area contributed by atoms with Gasteiger partial charge in [-0.1, -0.05) is 6.92 Å². The number of alkyl halides is 3. The van der Waals surface area contributed by atoms with Crippen LogP contribution < -0.4 is 0 Å². The lowest BCUT2D eigenvalue weighted by atomic mass is 10.1. The van der Waals surface area contributed by atoms with Crippen molar-refractivity contribution < 1.29 is 18.0 Å². The van der Waals surface area contributed by atoms with Crippen LogP contribution in [0.1, 0.15) is 47.3 Å². The molecule has 2 aromatic rings. The van der Waals surface area contributed by atoms with Gasteiger partial charge in [0.05, 0.1) is 5.56 Å². The van der Waals surface area contributed by atoms with E-state index in [9.17, 15) is 18.0 Å². The Hall–Kier alpha value is -1.78. The number of aromatic nitrogens is 3. The normalized spacial score (nSPS) is 12.7. The minimum absolute atomic E-state index is 0.0958. The Balaban J connectivity index is 2.05. The van der Waals surface area contributed by atoms with Gasteiger partial charge in [0.1, 0.15) is 11.5 Å². The first-order valence-corrected chi connectivity index (χ1v) is 9.49. The molecule has 1 atom stereocenters. The highest BCUT2D eigenvalue weighted by Gasteiger charge is 2.31. The maximum Gasteiger partial charge on any atom is 0.419 e. The second-order valence-corrected chi connectivity index (χ2v) is 7.35. The fraction of sp³-hybridized carbons (Fsp3) is 0.444. The maximum atomic E-state index is 12.8. The van der Waals surface area contributed by atoms with Gasteiger partial charge in [0.2, 0.25) is 0 Å². The van der Waals surface area contributed by atoms with Gasteiger partial charge in [-0.05, 0) is 54.5 Å². The molecule has 0 aromatic carbocycles. The first-order valence-electron chi connectivity index (χ1n) is 8.42. The van der Waals surface area contributed by atoms with E-state index < -0.39 is 11.7 Å². The Morgan fingerprint density at radius 2 is 1.89 bits per heavy atom. The summed E-state index contributed by atoms with van der Waals surface area (Å²) in [7, 11) is 1.71. The molecule has 0 fully saturated rings. The first kappa shape index (κ1) is 21.5.